The van der Waals surface area contributed by atoms with E-state index in [1.807, 2.05) is 0 Å². The van der Waals surface area contributed by atoms with Crippen molar-refractivity contribution in [3.63, 3.8) is 0 Å². The normalized spacial score (nSPS) is 12.7. The molecule has 0 amide bonds. The molecule has 1 N–H and O–H groups in total. The number of halogens is 4. The molecule has 2 aromatic carbocycles. The lowest BCUT2D eigenvalue weighted by molar-refractivity contribution is -0.137. The summed E-state index contributed by atoms with van der Waals surface area (Å²) in [6.07, 6.45) is -1.47. The second-order valence-electron chi connectivity index (χ2n) is 7.20. The molecule has 0 bridgehead atoms. The molecule has 0 aliphatic heterocycles. The van der Waals surface area contributed by atoms with Gasteiger partial charge in [-0.3, -0.25) is 9.31 Å². The first-order valence-electron chi connectivity index (χ1n) is 10.0. The van der Waals surface area contributed by atoms with Crippen LogP contribution in [0.25, 0.3) is 22.3 Å². The van der Waals surface area contributed by atoms with Crippen LogP contribution in [-0.4, -0.2) is 44.3 Å². The Morgan fingerprint density at radius 3 is 2.59 bits per heavy atom. The van der Waals surface area contributed by atoms with E-state index in [9.17, 15) is 17.4 Å². The van der Waals surface area contributed by atoms with E-state index in [-0.39, 0.29) is 11.0 Å². The summed E-state index contributed by atoms with van der Waals surface area (Å²) in [6.45, 7) is 2.11. The highest BCUT2D eigenvalue weighted by molar-refractivity contribution is 7.84. The third-order valence-corrected chi connectivity index (χ3v) is 6.43. The molecule has 0 aliphatic rings. The number of benzene rings is 2. The van der Waals surface area contributed by atoms with Gasteiger partial charge in [-0.1, -0.05) is 17.7 Å². The van der Waals surface area contributed by atoms with Crippen LogP contribution in [0.4, 0.5) is 24.8 Å². The molecule has 2 aromatic heterocycles. The second-order valence-corrected chi connectivity index (χ2v) is 8.95. The molecule has 178 valence electrons. The first-order chi connectivity index (χ1) is 16.2. The molecule has 0 aliphatic carbocycles. The third-order valence-electron chi connectivity index (χ3n) is 5.17. The van der Waals surface area contributed by atoms with E-state index in [0.29, 0.717) is 45.2 Å². The van der Waals surface area contributed by atoms with Gasteiger partial charge in [-0.05, 0) is 37.3 Å². The standard InChI is InChI=1S/C22H19ClF3N5O2S/c1-4-31(15-9-8-12(10-13(15)23)22(24,25)26)21-28-14-11-27-30-19(14)20(29-21)18-16(33-2)6-5-7-17(18)34(3)32/h5-11H,4H2,1-3H3,(H,27,30). The number of aromatic amines is 1. The maximum absolute atomic E-state index is 13.1. The zero-order chi connectivity index (χ0) is 24.6. The maximum atomic E-state index is 13.1. The molecule has 0 fully saturated rings. The SMILES string of the molecule is CCN(c1nc(-c2c(OC)cccc2S(C)=O)c2[nH]ncc2n1)c1ccc(C(F)(F)F)cc1Cl. The topological polar surface area (TPSA) is 84.0 Å². The minimum atomic E-state index is -4.52. The predicted octanol–water partition coefficient (Wildman–Crippen LogP) is 5.60. The van der Waals surface area contributed by atoms with Crippen LogP contribution in [0.2, 0.25) is 5.02 Å². The van der Waals surface area contributed by atoms with Crippen molar-refractivity contribution in [1.29, 1.82) is 0 Å². The van der Waals surface area contributed by atoms with Crippen LogP contribution < -0.4 is 9.64 Å². The molecule has 7 nitrogen and oxygen atoms in total. The van der Waals surface area contributed by atoms with E-state index in [2.05, 4.69) is 15.2 Å². The number of anilines is 2. The number of ether oxygens (including phenoxy) is 1. The van der Waals surface area contributed by atoms with Gasteiger partial charge in [-0.25, -0.2) is 9.97 Å². The summed E-state index contributed by atoms with van der Waals surface area (Å²) in [4.78, 5) is 11.3. The molecule has 4 aromatic rings. The Morgan fingerprint density at radius 2 is 1.97 bits per heavy atom. The Kier molecular flexibility index (Phi) is 6.50. The molecule has 34 heavy (non-hydrogen) atoms. The van der Waals surface area contributed by atoms with Crippen LogP contribution in [0.15, 0.2) is 47.5 Å². The number of hydrogen-bond donors (Lipinski definition) is 1. The summed E-state index contributed by atoms with van der Waals surface area (Å²) < 4.78 is 57.4. The summed E-state index contributed by atoms with van der Waals surface area (Å²) in [5.41, 5.74) is 1.30. The Morgan fingerprint density at radius 1 is 1.21 bits per heavy atom. The zero-order valence-electron chi connectivity index (χ0n) is 18.3. The van der Waals surface area contributed by atoms with Crippen molar-refractivity contribution in [3.8, 4) is 17.0 Å². The number of fused-ring (bicyclic) bond motifs is 1. The van der Waals surface area contributed by atoms with E-state index in [1.165, 1.54) is 19.4 Å². The number of nitrogens with zero attached hydrogens (tertiary/aromatic N) is 4. The summed E-state index contributed by atoms with van der Waals surface area (Å²) in [5, 5.41) is 6.83. The van der Waals surface area contributed by atoms with E-state index < -0.39 is 22.5 Å². The van der Waals surface area contributed by atoms with Crippen molar-refractivity contribution in [3.05, 3.63) is 53.2 Å². The van der Waals surface area contributed by atoms with Gasteiger partial charge in [-0.15, -0.1) is 0 Å². The van der Waals surface area contributed by atoms with Crippen LogP contribution in [-0.2, 0) is 17.0 Å². The monoisotopic (exact) mass is 509 g/mol. The number of hydrogen-bond acceptors (Lipinski definition) is 6. The van der Waals surface area contributed by atoms with Crippen LogP contribution in [0.1, 0.15) is 12.5 Å². The van der Waals surface area contributed by atoms with Crippen LogP contribution in [0, 0.1) is 0 Å². The Labute approximate surface area is 200 Å². The van der Waals surface area contributed by atoms with E-state index in [0.717, 1.165) is 12.1 Å². The summed E-state index contributed by atoms with van der Waals surface area (Å²) >= 11 is 6.25. The van der Waals surface area contributed by atoms with Gasteiger partial charge < -0.3 is 9.64 Å². The zero-order valence-corrected chi connectivity index (χ0v) is 19.8. The number of methoxy groups -OCH3 is 1. The summed E-state index contributed by atoms with van der Waals surface area (Å²) in [5.74, 6) is 0.635. The average Bonchev–Trinajstić information content (AvgIpc) is 3.27. The van der Waals surface area contributed by atoms with Gasteiger partial charge in [0, 0.05) is 12.8 Å². The van der Waals surface area contributed by atoms with Crippen molar-refractivity contribution in [2.75, 3.05) is 24.8 Å². The van der Waals surface area contributed by atoms with Gasteiger partial charge in [0.2, 0.25) is 5.95 Å². The molecule has 0 saturated heterocycles. The number of nitrogens with one attached hydrogen (secondary N) is 1. The number of H-pyrrole nitrogens is 1. The summed E-state index contributed by atoms with van der Waals surface area (Å²) in [7, 11) is 0.124. The fourth-order valence-corrected chi connectivity index (χ4v) is 4.64. The maximum Gasteiger partial charge on any atom is 0.416 e. The van der Waals surface area contributed by atoms with Crippen LogP contribution in [0.5, 0.6) is 5.75 Å². The van der Waals surface area contributed by atoms with E-state index >= 15 is 0 Å². The fourth-order valence-electron chi connectivity index (χ4n) is 3.60. The number of rotatable bonds is 6. The lowest BCUT2D eigenvalue weighted by Crippen LogP contribution is -2.20. The van der Waals surface area contributed by atoms with Crippen molar-refractivity contribution < 1.29 is 22.1 Å². The second kappa shape index (κ2) is 9.22. The molecule has 0 saturated carbocycles. The minimum absolute atomic E-state index is 0.0956. The largest absolute Gasteiger partial charge is 0.496 e. The lowest BCUT2D eigenvalue weighted by Gasteiger charge is -2.24. The molecular weight excluding hydrogens is 491 g/mol. The average molecular weight is 510 g/mol. The van der Waals surface area contributed by atoms with Crippen molar-refractivity contribution >= 4 is 45.1 Å². The van der Waals surface area contributed by atoms with Gasteiger partial charge in [0.25, 0.3) is 0 Å². The smallest absolute Gasteiger partial charge is 0.416 e. The summed E-state index contributed by atoms with van der Waals surface area (Å²) in [6, 6.07) is 8.27. The Hall–Kier alpha value is -3.18. The molecule has 1 atom stereocenters. The van der Waals surface area contributed by atoms with Crippen molar-refractivity contribution in [1.82, 2.24) is 20.2 Å². The van der Waals surface area contributed by atoms with Crippen molar-refractivity contribution in [2.45, 2.75) is 18.0 Å². The minimum Gasteiger partial charge on any atom is -0.496 e. The first-order valence-corrected chi connectivity index (χ1v) is 12.0. The van der Waals surface area contributed by atoms with Crippen molar-refractivity contribution in [2.24, 2.45) is 0 Å². The molecule has 2 heterocycles. The highest BCUT2D eigenvalue weighted by Crippen LogP contribution is 2.40. The number of aromatic nitrogens is 4. The molecule has 12 heteroatoms. The number of alkyl halides is 3. The van der Waals surface area contributed by atoms with E-state index in [4.69, 9.17) is 21.3 Å². The van der Waals surface area contributed by atoms with Gasteiger partial charge in [0.05, 0.1) is 50.8 Å². The highest BCUT2D eigenvalue weighted by atomic mass is 35.5. The molecule has 0 radical (unpaired) electrons. The molecule has 1 unspecified atom stereocenters. The van der Waals surface area contributed by atoms with E-state index in [1.54, 1.807) is 36.3 Å². The van der Waals surface area contributed by atoms with Gasteiger partial charge >= 0.3 is 6.18 Å². The first kappa shape index (κ1) is 24.0. The third kappa shape index (κ3) is 4.32. The molecule has 4 rings (SSSR count). The fraction of sp³-hybridized carbons (Fsp3) is 0.227. The molecular formula is C22H19ClF3N5O2S. The quantitative estimate of drug-likeness (QED) is 0.364. The van der Waals surface area contributed by atoms with Crippen LogP contribution >= 0.6 is 11.6 Å². The molecule has 0 spiro atoms. The Balaban J connectivity index is 1.95. The van der Waals surface area contributed by atoms with Gasteiger partial charge in [-0.2, -0.15) is 18.3 Å². The highest BCUT2D eigenvalue weighted by Gasteiger charge is 2.31. The van der Waals surface area contributed by atoms with Gasteiger partial charge in [0.1, 0.15) is 22.5 Å². The van der Waals surface area contributed by atoms with Gasteiger partial charge in [0.15, 0.2) is 0 Å². The van der Waals surface area contributed by atoms with Crippen LogP contribution in [0.3, 0.4) is 0 Å². The predicted molar refractivity (Wildman–Crippen MR) is 125 cm³/mol. The lowest BCUT2D eigenvalue weighted by atomic mass is 10.1. The Bertz CT molecular complexity index is 1390.